The van der Waals surface area contributed by atoms with Gasteiger partial charge in [-0.25, -0.2) is 0 Å². The van der Waals surface area contributed by atoms with Crippen LogP contribution in [0.4, 0.5) is 5.69 Å². The van der Waals surface area contributed by atoms with E-state index in [4.69, 9.17) is 0 Å². The van der Waals surface area contributed by atoms with Gasteiger partial charge in [0.1, 0.15) is 0 Å². The smallest absolute Gasteiger partial charge is 0.229 e. The third-order valence-electron chi connectivity index (χ3n) is 7.83. The van der Waals surface area contributed by atoms with E-state index in [9.17, 15) is 14.4 Å². The maximum atomic E-state index is 12.9. The maximum absolute atomic E-state index is 12.9. The van der Waals surface area contributed by atoms with E-state index in [1.54, 1.807) is 0 Å². The summed E-state index contributed by atoms with van der Waals surface area (Å²) >= 11 is 0. The molecule has 1 aliphatic carbocycles. The van der Waals surface area contributed by atoms with E-state index >= 15 is 0 Å². The number of nitrogens with one attached hydrogen (secondary N) is 2. The van der Waals surface area contributed by atoms with Crippen LogP contribution in [0.5, 0.6) is 0 Å². The number of amides is 2. The molecule has 5 rings (SSSR count). The Morgan fingerprint density at radius 2 is 1.72 bits per heavy atom. The fourth-order valence-electron chi connectivity index (χ4n) is 5.88. The van der Waals surface area contributed by atoms with Crippen LogP contribution in [-0.4, -0.2) is 68.3 Å². The fourth-order valence-corrected chi connectivity index (χ4v) is 5.88. The summed E-state index contributed by atoms with van der Waals surface area (Å²) in [6.45, 7) is 7.77. The molecule has 0 radical (unpaired) electrons. The van der Waals surface area contributed by atoms with E-state index in [2.05, 4.69) is 32.6 Å². The molecule has 0 spiro atoms. The first-order valence-corrected chi connectivity index (χ1v) is 12.3. The summed E-state index contributed by atoms with van der Waals surface area (Å²) in [6.07, 6.45) is 4.75. The van der Waals surface area contributed by atoms with Gasteiger partial charge in [0.05, 0.1) is 0 Å². The Kier molecular flexibility index (Phi) is 6.28. The minimum absolute atomic E-state index is 0.147. The van der Waals surface area contributed by atoms with Gasteiger partial charge in [0.25, 0.3) is 0 Å². The van der Waals surface area contributed by atoms with Gasteiger partial charge in [-0.1, -0.05) is 0 Å². The van der Waals surface area contributed by atoms with Gasteiger partial charge in [-0.05, 0) is 74.9 Å². The molecule has 1 aromatic rings. The van der Waals surface area contributed by atoms with Crippen LogP contribution in [-0.2, 0) is 16.0 Å². The number of piperidine rings is 2. The lowest BCUT2D eigenvalue weighted by Gasteiger charge is -2.38. The Labute approximate surface area is 189 Å². The van der Waals surface area contributed by atoms with E-state index < -0.39 is 0 Å². The van der Waals surface area contributed by atoms with Crippen molar-refractivity contribution in [2.75, 3.05) is 50.7 Å². The molecule has 0 aromatic heterocycles. The van der Waals surface area contributed by atoms with Crippen LogP contribution in [0.3, 0.4) is 0 Å². The summed E-state index contributed by atoms with van der Waals surface area (Å²) < 4.78 is 0. The first-order valence-electron chi connectivity index (χ1n) is 12.3. The second-order valence-electron chi connectivity index (χ2n) is 9.97. The van der Waals surface area contributed by atoms with Gasteiger partial charge in [0.2, 0.25) is 11.8 Å². The van der Waals surface area contributed by atoms with Crippen molar-refractivity contribution in [3.8, 4) is 0 Å². The number of piperazine rings is 1. The molecule has 7 nitrogen and oxygen atoms in total. The van der Waals surface area contributed by atoms with Crippen LogP contribution in [0.15, 0.2) is 18.2 Å². The molecule has 0 bridgehead atoms. The third kappa shape index (κ3) is 4.59. The van der Waals surface area contributed by atoms with Crippen LogP contribution in [0.1, 0.15) is 48.0 Å². The lowest BCUT2D eigenvalue weighted by atomic mass is 9.86. The van der Waals surface area contributed by atoms with Gasteiger partial charge in [0.15, 0.2) is 5.78 Å². The number of benzene rings is 1. The maximum Gasteiger partial charge on any atom is 0.229 e. The van der Waals surface area contributed by atoms with Gasteiger partial charge < -0.3 is 10.2 Å². The molecule has 172 valence electrons. The third-order valence-corrected chi connectivity index (χ3v) is 7.83. The fraction of sp³-hybridized carbons (Fsp3) is 0.640. The van der Waals surface area contributed by atoms with Crippen LogP contribution in [0.2, 0.25) is 0 Å². The lowest BCUT2D eigenvalue weighted by Crippen LogP contribution is -2.48. The molecule has 3 fully saturated rings. The molecule has 32 heavy (non-hydrogen) atoms. The van der Waals surface area contributed by atoms with Crippen molar-refractivity contribution < 1.29 is 14.4 Å². The molecule has 1 aromatic carbocycles. The number of hydrogen-bond donors (Lipinski definition) is 2. The Hall–Kier alpha value is -2.25. The van der Waals surface area contributed by atoms with Gasteiger partial charge in [-0.3, -0.25) is 24.6 Å². The van der Waals surface area contributed by atoms with Crippen molar-refractivity contribution in [3.63, 3.8) is 0 Å². The second-order valence-corrected chi connectivity index (χ2v) is 9.97. The number of carbonyl (C=O) groups excluding carboxylic acids is 3. The van der Waals surface area contributed by atoms with Crippen LogP contribution < -0.4 is 15.5 Å². The predicted octanol–water partition coefficient (Wildman–Crippen LogP) is 1.61. The van der Waals surface area contributed by atoms with Crippen LogP contribution in [0.25, 0.3) is 0 Å². The van der Waals surface area contributed by atoms with Crippen molar-refractivity contribution in [2.24, 2.45) is 17.8 Å². The summed E-state index contributed by atoms with van der Waals surface area (Å²) in [5.41, 5.74) is 3.14. The number of rotatable bonds is 5. The monoisotopic (exact) mass is 438 g/mol. The Balaban J connectivity index is 1.17. The first kappa shape index (κ1) is 21.6. The normalized spacial score (nSPS) is 27.5. The first-order chi connectivity index (χ1) is 15.6. The number of nitrogens with zero attached hydrogens (tertiary/aromatic N) is 2. The SMILES string of the molecule is O=C1CCC(CC2Cc3cc(N4CCN(CC5CCNCC5)CC4)ccc3C2=O)C(=O)N1. The number of carbonyl (C=O) groups is 3. The molecule has 0 saturated carbocycles. The lowest BCUT2D eigenvalue weighted by molar-refractivity contribution is -0.136. The zero-order valence-corrected chi connectivity index (χ0v) is 18.8. The molecule has 2 N–H and O–H groups in total. The van der Waals surface area contributed by atoms with E-state index in [1.165, 1.54) is 25.1 Å². The highest BCUT2D eigenvalue weighted by molar-refractivity contribution is 6.03. The highest BCUT2D eigenvalue weighted by Gasteiger charge is 2.36. The summed E-state index contributed by atoms with van der Waals surface area (Å²) in [4.78, 5) is 41.5. The molecular formula is C25H34N4O3. The van der Waals surface area contributed by atoms with Gasteiger partial charge in [0, 0.05) is 62.2 Å². The minimum Gasteiger partial charge on any atom is -0.369 e. The highest BCUT2D eigenvalue weighted by Crippen LogP contribution is 2.35. The quantitative estimate of drug-likeness (QED) is 0.680. The van der Waals surface area contributed by atoms with Gasteiger partial charge in [-0.15, -0.1) is 0 Å². The predicted molar refractivity (Wildman–Crippen MR) is 123 cm³/mol. The summed E-state index contributed by atoms with van der Waals surface area (Å²) in [7, 11) is 0. The summed E-state index contributed by atoms with van der Waals surface area (Å²) in [5.74, 6) is 0.188. The summed E-state index contributed by atoms with van der Waals surface area (Å²) in [5, 5.41) is 5.87. The number of imide groups is 1. The van der Waals surface area contributed by atoms with E-state index in [0.717, 1.165) is 56.3 Å². The van der Waals surface area contributed by atoms with Crippen molar-refractivity contribution in [2.45, 2.75) is 38.5 Å². The van der Waals surface area contributed by atoms with Crippen LogP contribution >= 0.6 is 0 Å². The molecule has 2 atom stereocenters. The largest absolute Gasteiger partial charge is 0.369 e. The molecule has 2 unspecified atom stereocenters. The summed E-state index contributed by atoms with van der Waals surface area (Å²) in [6, 6.07) is 6.27. The molecule has 4 aliphatic rings. The average Bonchev–Trinajstić information content (AvgIpc) is 3.11. The molecule has 2 amide bonds. The Bertz CT molecular complexity index is 887. The molecule has 3 saturated heterocycles. The van der Waals surface area contributed by atoms with E-state index in [0.29, 0.717) is 25.7 Å². The Morgan fingerprint density at radius 1 is 0.938 bits per heavy atom. The minimum atomic E-state index is -0.233. The number of fused-ring (bicyclic) bond motifs is 1. The zero-order valence-electron chi connectivity index (χ0n) is 18.8. The number of ketones is 1. The molecule has 3 aliphatic heterocycles. The zero-order chi connectivity index (χ0) is 22.1. The number of anilines is 1. The standard InChI is InChI=1S/C25H34N4O3/c30-23-4-1-18(25(32)27-23)13-20-14-19-15-21(2-3-22(19)24(20)31)29-11-9-28(10-12-29)16-17-5-7-26-8-6-17/h2-3,15,17-18,20,26H,1,4-14,16H2,(H,27,30,32). The van der Waals surface area contributed by atoms with Crippen LogP contribution in [0, 0.1) is 17.8 Å². The second kappa shape index (κ2) is 9.32. The molecular weight excluding hydrogens is 404 g/mol. The van der Waals surface area contributed by atoms with E-state index in [1.807, 2.05) is 6.07 Å². The molecule has 7 heteroatoms. The number of hydrogen-bond acceptors (Lipinski definition) is 6. The van der Waals surface area contributed by atoms with Crippen molar-refractivity contribution in [1.82, 2.24) is 15.5 Å². The number of Topliss-reactive ketones (excluding diaryl/α,β-unsaturated/α-hetero) is 1. The Morgan fingerprint density at radius 3 is 2.47 bits per heavy atom. The van der Waals surface area contributed by atoms with Crippen molar-refractivity contribution in [3.05, 3.63) is 29.3 Å². The topological polar surface area (TPSA) is 81.8 Å². The van der Waals surface area contributed by atoms with Crippen molar-refractivity contribution in [1.29, 1.82) is 0 Å². The molecule has 3 heterocycles. The average molecular weight is 439 g/mol. The van der Waals surface area contributed by atoms with Gasteiger partial charge >= 0.3 is 0 Å². The van der Waals surface area contributed by atoms with E-state index in [-0.39, 0.29) is 29.4 Å². The van der Waals surface area contributed by atoms with Gasteiger partial charge in [-0.2, -0.15) is 0 Å². The highest BCUT2D eigenvalue weighted by atomic mass is 16.2. The van der Waals surface area contributed by atoms with Crippen molar-refractivity contribution >= 4 is 23.3 Å².